The summed E-state index contributed by atoms with van der Waals surface area (Å²) in [4.78, 5) is 23.2. The highest BCUT2D eigenvalue weighted by Crippen LogP contribution is 2.19. The zero-order chi connectivity index (χ0) is 17.7. The van der Waals surface area contributed by atoms with Crippen LogP contribution in [0.4, 0.5) is 0 Å². The van der Waals surface area contributed by atoms with E-state index in [1.807, 2.05) is 18.2 Å². The summed E-state index contributed by atoms with van der Waals surface area (Å²) < 4.78 is 11.9. The van der Waals surface area contributed by atoms with Gasteiger partial charge >= 0.3 is 5.97 Å². The van der Waals surface area contributed by atoms with Crippen molar-refractivity contribution >= 4 is 27.8 Å². The number of hydrogen-bond acceptors (Lipinski definition) is 4. The van der Waals surface area contributed by atoms with Crippen LogP contribution in [0.5, 0.6) is 5.75 Å². The summed E-state index contributed by atoms with van der Waals surface area (Å²) in [5.74, 6) is -0.697. The van der Waals surface area contributed by atoms with Crippen LogP contribution in [-0.4, -0.2) is 23.0 Å². The summed E-state index contributed by atoms with van der Waals surface area (Å²) >= 11 is 3.35. The maximum atomic E-state index is 12.1. The fourth-order valence-corrected chi connectivity index (χ4v) is 2.39. The monoisotopic (exact) mass is 395 g/mol. The number of amides is 1. The highest BCUT2D eigenvalue weighted by atomic mass is 79.9. The molecule has 0 radical (unpaired) electrons. The zero-order valence-electron chi connectivity index (χ0n) is 13.3. The molecule has 1 heterocycles. The number of hydrogen-bond donors (Lipinski definition) is 2. The van der Waals surface area contributed by atoms with Crippen molar-refractivity contribution in [1.82, 2.24) is 5.32 Å². The van der Waals surface area contributed by atoms with Gasteiger partial charge in [0, 0.05) is 4.47 Å². The molecule has 0 saturated heterocycles. The summed E-state index contributed by atoms with van der Waals surface area (Å²) in [7, 11) is 0. The van der Waals surface area contributed by atoms with Crippen LogP contribution in [0.25, 0.3) is 0 Å². The maximum absolute atomic E-state index is 12.1. The third-order valence-electron chi connectivity index (χ3n) is 3.28. The second-order valence-electron chi connectivity index (χ2n) is 5.55. The zero-order valence-corrected chi connectivity index (χ0v) is 14.9. The highest BCUT2D eigenvalue weighted by Gasteiger charge is 2.25. The van der Waals surface area contributed by atoms with Gasteiger partial charge in [0.15, 0.2) is 5.76 Å². The van der Waals surface area contributed by atoms with Crippen LogP contribution in [0.1, 0.15) is 30.2 Å². The topological polar surface area (TPSA) is 88.8 Å². The molecule has 0 spiro atoms. The third kappa shape index (κ3) is 4.86. The minimum atomic E-state index is -1.08. The van der Waals surface area contributed by atoms with Gasteiger partial charge in [-0.15, -0.1) is 0 Å². The molecule has 0 unspecified atom stereocenters. The molecular weight excluding hydrogens is 378 g/mol. The average Bonchev–Trinajstić information content (AvgIpc) is 2.99. The molecule has 0 aliphatic rings. The van der Waals surface area contributed by atoms with E-state index in [0.717, 1.165) is 4.47 Å². The number of aliphatic carboxylic acids is 1. The van der Waals surface area contributed by atoms with Crippen molar-refractivity contribution in [3.05, 3.63) is 52.4 Å². The first-order valence-electron chi connectivity index (χ1n) is 7.37. The molecule has 1 aromatic carbocycles. The number of benzene rings is 1. The molecule has 1 aromatic heterocycles. The van der Waals surface area contributed by atoms with Gasteiger partial charge in [-0.25, -0.2) is 4.79 Å². The molecule has 128 valence electrons. The molecule has 0 fully saturated rings. The van der Waals surface area contributed by atoms with Gasteiger partial charge in [0.05, 0.1) is 0 Å². The van der Waals surface area contributed by atoms with Gasteiger partial charge in [0.25, 0.3) is 5.91 Å². The largest absolute Gasteiger partial charge is 0.486 e. The van der Waals surface area contributed by atoms with E-state index in [4.69, 9.17) is 14.3 Å². The SMILES string of the molecule is CC(C)[C@H](NC(=O)c1ccc(COc2cccc(Br)c2)o1)C(=O)O. The number of rotatable bonds is 7. The van der Waals surface area contributed by atoms with E-state index in [0.29, 0.717) is 11.5 Å². The second kappa shape index (κ2) is 8.01. The van der Waals surface area contributed by atoms with E-state index >= 15 is 0 Å². The molecule has 0 bridgehead atoms. The summed E-state index contributed by atoms with van der Waals surface area (Å²) in [5, 5.41) is 11.6. The number of nitrogens with one attached hydrogen (secondary N) is 1. The van der Waals surface area contributed by atoms with Crippen molar-refractivity contribution in [2.75, 3.05) is 0 Å². The van der Waals surface area contributed by atoms with Gasteiger partial charge < -0.3 is 19.6 Å². The fourth-order valence-electron chi connectivity index (χ4n) is 2.01. The lowest BCUT2D eigenvalue weighted by molar-refractivity contribution is -0.140. The maximum Gasteiger partial charge on any atom is 0.326 e. The quantitative estimate of drug-likeness (QED) is 0.749. The molecule has 24 heavy (non-hydrogen) atoms. The number of carbonyl (C=O) groups excluding carboxylic acids is 1. The molecule has 0 aliphatic heterocycles. The van der Waals surface area contributed by atoms with Crippen molar-refractivity contribution in [2.45, 2.75) is 26.5 Å². The molecule has 6 nitrogen and oxygen atoms in total. The normalized spacial score (nSPS) is 12.0. The third-order valence-corrected chi connectivity index (χ3v) is 3.78. The molecule has 1 atom stereocenters. The summed E-state index contributed by atoms with van der Waals surface area (Å²) in [6.45, 7) is 3.60. The van der Waals surface area contributed by atoms with Crippen LogP contribution < -0.4 is 10.1 Å². The van der Waals surface area contributed by atoms with Crippen molar-refractivity contribution < 1.29 is 23.8 Å². The smallest absolute Gasteiger partial charge is 0.326 e. The Morgan fingerprint density at radius 1 is 1.29 bits per heavy atom. The fraction of sp³-hybridized carbons (Fsp3) is 0.294. The molecule has 2 aromatic rings. The molecule has 0 saturated carbocycles. The van der Waals surface area contributed by atoms with Gasteiger partial charge in [0.1, 0.15) is 24.2 Å². The lowest BCUT2D eigenvalue weighted by Gasteiger charge is -2.16. The van der Waals surface area contributed by atoms with Crippen molar-refractivity contribution in [3.8, 4) is 5.75 Å². The van der Waals surface area contributed by atoms with Crippen LogP contribution in [0.2, 0.25) is 0 Å². The minimum absolute atomic E-state index is 0.0507. The first kappa shape index (κ1) is 18.1. The van der Waals surface area contributed by atoms with E-state index in [1.165, 1.54) is 6.07 Å². The first-order valence-corrected chi connectivity index (χ1v) is 8.17. The Morgan fingerprint density at radius 2 is 2.04 bits per heavy atom. The van der Waals surface area contributed by atoms with E-state index in [1.54, 1.807) is 26.0 Å². The predicted octanol–water partition coefficient (Wildman–Crippen LogP) is 3.46. The number of halogens is 1. The van der Waals surface area contributed by atoms with Gasteiger partial charge in [-0.1, -0.05) is 35.8 Å². The van der Waals surface area contributed by atoms with Gasteiger partial charge in [-0.05, 0) is 36.2 Å². The van der Waals surface area contributed by atoms with E-state index in [2.05, 4.69) is 21.2 Å². The second-order valence-corrected chi connectivity index (χ2v) is 6.46. The van der Waals surface area contributed by atoms with Gasteiger partial charge in [0.2, 0.25) is 0 Å². The van der Waals surface area contributed by atoms with Crippen molar-refractivity contribution in [2.24, 2.45) is 5.92 Å². The minimum Gasteiger partial charge on any atom is -0.486 e. The first-order chi connectivity index (χ1) is 11.4. The Morgan fingerprint density at radius 3 is 2.67 bits per heavy atom. The van der Waals surface area contributed by atoms with Crippen molar-refractivity contribution in [1.29, 1.82) is 0 Å². The molecule has 0 aliphatic carbocycles. The van der Waals surface area contributed by atoms with Crippen LogP contribution in [0, 0.1) is 5.92 Å². The van der Waals surface area contributed by atoms with E-state index < -0.39 is 17.9 Å². The van der Waals surface area contributed by atoms with Gasteiger partial charge in [-0.3, -0.25) is 4.79 Å². The Hall–Kier alpha value is -2.28. The molecule has 2 rings (SSSR count). The molecule has 1 amide bonds. The summed E-state index contributed by atoms with van der Waals surface area (Å²) in [6, 6.07) is 9.50. The van der Waals surface area contributed by atoms with Crippen LogP contribution >= 0.6 is 15.9 Å². The summed E-state index contributed by atoms with van der Waals surface area (Å²) in [5.41, 5.74) is 0. The van der Waals surface area contributed by atoms with Crippen LogP contribution in [-0.2, 0) is 11.4 Å². The lowest BCUT2D eigenvalue weighted by atomic mass is 10.0. The molecular formula is C17H18BrNO5. The highest BCUT2D eigenvalue weighted by molar-refractivity contribution is 9.10. The number of furan rings is 1. The van der Waals surface area contributed by atoms with Gasteiger partial charge in [-0.2, -0.15) is 0 Å². The lowest BCUT2D eigenvalue weighted by Crippen LogP contribution is -2.44. The number of carbonyl (C=O) groups is 2. The van der Waals surface area contributed by atoms with E-state index in [-0.39, 0.29) is 18.3 Å². The van der Waals surface area contributed by atoms with Crippen LogP contribution in [0.3, 0.4) is 0 Å². The standard InChI is InChI=1S/C17H18BrNO5/c1-10(2)15(17(21)22)19-16(20)14-7-6-13(24-14)9-23-12-5-3-4-11(18)8-12/h3-8,10,15H,9H2,1-2H3,(H,19,20)(H,21,22)/t15-/m0/s1. The Kier molecular flexibility index (Phi) is 6.03. The van der Waals surface area contributed by atoms with Crippen LogP contribution in [0.15, 0.2) is 45.3 Å². The number of carboxylic acids is 1. The molecule has 7 heteroatoms. The van der Waals surface area contributed by atoms with Crippen molar-refractivity contribution in [3.63, 3.8) is 0 Å². The predicted molar refractivity (Wildman–Crippen MR) is 90.9 cm³/mol. The molecule has 2 N–H and O–H groups in total. The average molecular weight is 396 g/mol. The Bertz CT molecular complexity index is 725. The Labute approximate surface area is 147 Å². The number of ether oxygens (including phenoxy) is 1. The summed E-state index contributed by atoms with van der Waals surface area (Å²) in [6.07, 6.45) is 0. The Balaban J connectivity index is 1.97. The van der Waals surface area contributed by atoms with E-state index in [9.17, 15) is 9.59 Å². The number of carboxylic acid groups (broad SMARTS) is 1.